The van der Waals surface area contributed by atoms with Gasteiger partial charge in [0.15, 0.2) is 0 Å². The molecule has 51 heavy (non-hydrogen) atoms. The minimum Gasteiger partial charge on any atom is -0.311 e. The highest BCUT2D eigenvalue weighted by Crippen LogP contribution is 2.41. The van der Waals surface area contributed by atoms with E-state index in [0.717, 1.165) is 43.8 Å². The summed E-state index contributed by atoms with van der Waals surface area (Å²) in [6.07, 6.45) is 0. The zero-order valence-corrected chi connectivity index (χ0v) is 27.5. The van der Waals surface area contributed by atoms with Crippen molar-refractivity contribution in [3.05, 3.63) is 212 Å². The first-order valence-electron chi connectivity index (χ1n) is 20.9. The van der Waals surface area contributed by atoms with Gasteiger partial charge < -0.3 is 4.90 Å². The SMILES string of the molecule is [2H]c1c([2H])c(N(c2ccccc2)c2c([2H])c([2H])c(-c3c(-c4ccccc4)ccc4ccccc34)c([2H])c2[2H])c([2H])c([2H])c1-c1ccc(-c2cccc3ccccc23)cc1. The first-order chi connectivity index (χ1) is 28.7. The zero-order valence-electron chi connectivity index (χ0n) is 35.5. The fraction of sp³-hybridized carbons (Fsp3) is 0. The molecule has 240 valence electrons. The van der Waals surface area contributed by atoms with E-state index in [9.17, 15) is 11.0 Å². The third kappa shape index (κ3) is 5.86. The van der Waals surface area contributed by atoms with Gasteiger partial charge in [0.2, 0.25) is 0 Å². The summed E-state index contributed by atoms with van der Waals surface area (Å²) in [4.78, 5) is 1.33. The number of fused-ring (bicyclic) bond motifs is 2. The van der Waals surface area contributed by atoms with Crippen LogP contribution in [0, 0.1) is 0 Å². The van der Waals surface area contributed by atoms with Crippen LogP contribution in [-0.2, 0) is 0 Å². The Morgan fingerprint density at radius 1 is 0.294 bits per heavy atom. The van der Waals surface area contributed by atoms with Crippen molar-refractivity contribution in [3.63, 3.8) is 0 Å². The van der Waals surface area contributed by atoms with Crippen molar-refractivity contribution in [1.29, 1.82) is 0 Å². The van der Waals surface area contributed by atoms with Gasteiger partial charge in [-0.2, -0.15) is 0 Å². The Morgan fingerprint density at radius 2 is 0.804 bits per heavy atom. The van der Waals surface area contributed by atoms with Gasteiger partial charge in [-0.3, -0.25) is 0 Å². The molecule has 0 spiro atoms. The standard InChI is InChI=1S/C50H35N/c1-3-12-39(13-4-1)49-35-30-40-15-8-10-20-48(40)50(49)42-28-33-45(34-29-42)51(43-17-5-2-6-18-43)44-31-26-37(27-32-44)36-22-24-41(25-23-36)47-21-11-16-38-14-7-9-19-46(38)47/h1-35H/i26D,27D,28D,29D,31D,32D,33D,34D. The normalized spacial score (nSPS) is 13.3. The van der Waals surface area contributed by atoms with Crippen molar-refractivity contribution in [1.82, 2.24) is 0 Å². The summed E-state index contributed by atoms with van der Waals surface area (Å²) in [5.74, 6) is 0. The summed E-state index contributed by atoms with van der Waals surface area (Å²) in [6.45, 7) is 0. The summed E-state index contributed by atoms with van der Waals surface area (Å²) in [5, 5.41) is 3.84. The highest BCUT2D eigenvalue weighted by molar-refractivity contribution is 6.04. The third-order valence-electron chi connectivity index (χ3n) is 9.22. The summed E-state index contributed by atoms with van der Waals surface area (Å²) < 4.78 is 75.6. The molecular formula is C50H35N. The molecule has 0 aromatic heterocycles. The Labute approximate surface area is 310 Å². The summed E-state index contributed by atoms with van der Waals surface area (Å²) >= 11 is 0. The van der Waals surface area contributed by atoms with Crippen LogP contribution in [0.3, 0.4) is 0 Å². The van der Waals surface area contributed by atoms with Crippen LogP contribution in [-0.4, -0.2) is 0 Å². The van der Waals surface area contributed by atoms with Crippen LogP contribution in [0.25, 0.3) is 66.1 Å². The molecule has 0 aliphatic heterocycles. The lowest BCUT2D eigenvalue weighted by Gasteiger charge is -2.26. The number of benzene rings is 9. The molecule has 0 atom stereocenters. The second-order valence-electron chi connectivity index (χ2n) is 12.3. The first kappa shape index (κ1) is 22.8. The van der Waals surface area contributed by atoms with Gasteiger partial charge in [-0.15, -0.1) is 0 Å². The van der Waals surface area contributed by atoms with E-state index in [0.29, 0.717) is 16.8 Å². The van der Waals surface area contributed by atoms with Crippen LogP contribution < -0.4 is 4.90 Å². The Morgan fingerprint density at radius 3 is 1.49 bits per heavy atom. The van der Waals surface area contributed by atoms with Crippen LogP contribution in [0.1, 0.15) is 11.0 Å². The van der Waals surface area contributed by atoms with Gasteiger partial charge in [-0.25, -0.2) is 0 Å². The highest BCUT2D eigenvalue weighted by Gasteiger charge is 2.16. The zero-order chi connectivity index (χ0) is 40.9. The fourth-order valence-electron chi connectivity index (χ4n) is 6.74. The summed E-state index contributed by atoms with van der Waals surface area (Å²) in [6, 6.07) is 48.7. The number of rotatable bonds is 7. The van der Waals surface area contributed by atoms with Gasteiger partial charge in [0.1, 0.15) is 0 Å². The van der Waals surface area contributed by atoms with E-state index >= 15 is 0 Å². The van der Waals surface area contributed by atoms with Crippen LogP contribution in [0.2, 0.25) is 0 Å². The maximum atomic E-state index is 9.55. The van der Waals surface area contributed by atoms with Crippen molar-refractivity contribution in [2.24, 2.45) is 0 Å². The van der Waals surface area contributed by atoms with Crippen LogP contribution in [0.15, 0.2) is 212 Å². The molecule has 9 aromatic carbocycles. The van der Waals surface area contributed by atoms with E-state index in [1.165, 1.54) is 4.90 Å². The van der Waals surface area contributed by atoms with E-state index in [4.69, 9.17) is 0 Å². The van der Waals surface area contributed by atoms with Crippen molar-refractivity contribution in [3.8, 4) is 44.5 Å². The lowest BCUT2D eigenvalue weighted by Crippen LogP contribution is -2.09. The smallest absolute Gasteiger partial charge is 0.0645 e. The lowest BCUT2D eigenvalue weighted by molar-refractivity contribution is 1.28. The third-order valence-corrected chi connectivity index (χ3v) is 9.22. The number of hydrogen-bond donors (Lipinski definition) is 0. The van der Waals surface area contributed by atoms with Crippen LogP contribution >= 0.6 is 0 Å². The number of hydrogen-bond acceptors (Lipinski definition) is 1. The second kappa shape index (κ2) is 13.3. The highest BCUT2D eigenvalue weighted by atomic mass is 15.1. The quantitative estimate of drug-likeness (QED) is 0.165. The molecule has 0 aliphatic carbocycles. The molecular weight excluding hydrogens is 615 g/mol. The molecule has 0 radical (unpaired) electrons. The van der Waals surface area contributed by atoms with Gasteiger partial charge in [0.25, 0.3) is 0 Å². The minimum absolute atomic E-state index is 0.112. The number of anilines is 3. The molecule has 0 fully saturated rings. The number of para-hydroxylation sites is 1. The first-order valence-corrected chi connectivity index (χ1v) is 16.9. The average Bonchev–Trinajstić information content (AvgIpc) is 3.28. The molecule has 0 amide bonds. The molecule has 9 aromatic rings. The fourth-order valence-corrected chi connectivity index (χ4v) is 6.74. The molecule has 0 saturated heterocycles. The van der Waals surface area contributed by atoms with Crippen molar-refractivity contribution in [2.75, 3.05) is 4.90 Å². The Hall–Kier alpha value is -6.70. The predicted octanol–water partition coefficient (Wildman–Crippen LogP) is 14.1. The van der Waals surface area contributed by atoms with Crippen molar-refractivity contribution < 1.29 is 11.0 Å². The minimum atomic E-state index is -0.387. The summed E-state index contributed by atoms with van der Waals surface area (Å²) in [7, 11) is 0. The monoisotopic (exact) mass is 657 g/mol. The molecule has 0 aliphatic rings. The molecule has 1 nitrogen and oxygen atoms in total. The van der Waals surface area contributed by atoms with E-state index in [2.05, 4.69) is 18.2 Å². The molecule has 1 heteroatoms. The number of nitrogens with zero attached hydrogens (tertiary/aromatic N) is 1. The topological polar surface area (TPSA) is 3.24 Å². The van der Waals surface area contributed by atoms with E-state index < -0.39 is 0 Å². The largest absolute Gasteiger partial charge is 0.311 e. The molecule has 0 heterocycles. The van der Waals surface area contributed by atoms with Crippen LogP contribution in [0.4, 0.5) is 17.1 Å². The average molecular weight is 658 g/mol. The van der Waals surface area contributed by atoms with E-state index in [1.807, 2.05) is 103 Å². The lowest BCUT2D eigenvalue weighted by atomic mass is 9.89. The Kier molecular flexibility index (Phi) is 5.96. The predicted molar refractivity (Wildman–Crippen MR) is 218 cm³/mol. The van der Waals surface area contributed by atoms with E-state index in [-0.39, 0.29) is 70.8 Å². The molecule has 0 saturated carbocycles. The van der Waals surface area contributed by atoms with Crippen molar-refractivity contribution >= 4 is 38.6 Å². The molecule has 0 N–H and O–H groups in total. The second-order valence-corrected chi connectivity index (χ2v) is 12.3. The molecule has 0 unspecified atom stereocenters. The molecule has 0 bridgehead atoms. The Bertz CT molecular complexity index is 3010. The maximum absolute atomic E-state index is 9.55. The van der Waals surface area contributed by atoms with Gasteiger partial charge in [-0.05, 0) is 102 Å². The van der Waals surface area contributed by atoms with Gasteiger partial charge in [0, 0.05) is 17.1 Å². The summed E-state index contributed by atoms with van der Waals surface area (Å²) in [5.41, 5.74) is 4.84. The maximum Gasteiger partial charge on any atom is 0.0645 e. The Balaban J connectivity index is 1.23. The van der Waals surface area contributed by atoms with Crippen molar-refractivity contribution in [2.45, 2.75) is 0 Å². The van der Waals surface area contributed by atoms with Gasteiger partial charge in [0.05, 0.1) is 11.0 Å². The van der Waals surface area contributed by atoms with Gasteiger partial charge >= 0.3 is 0 Å². The van der Waals surface area contributed by atoms with Gasteiger partial charge in [-0.1, -0.05) is 176 Å². The van der Waals surface area contributed by atoms with E-state index in [1.54, 1.807) is 42.5 Å². The molecule has 9 rings (SSSR count). The van der Waals surface area contributed by atoms with Crippen LogP contribution in [0.5, 0.6) is 0 Å².